The van der Waals surface area contributed by atoms with Crippen molar-refractivity contribution in [2.75, 3.05) is 42.6 Å². The fourth-order valence-electron chi connectivity index (χ4n) is 4.22. The zero-order valence-corrected chi connectivity index (χ0v) is 19.3. The minimum Gasteiger partial charge on any atom is -0.369 e. The molecule has 4 rings (SSSR count). The van der Waals surface area contributed by atoms with Crippen molar-refractivity contribution in [2.45, 2.75) is 16.2 Å². The molecule has 2 aliphatic rings. The molecule has 0 radical (unpaired) electrons. The summed E-state index contributed by atoms with van der Waals surface area (Å²) < 4.78 is 51.3. The van der Waals surface area contributed by atoms with Crippen LogP contribution >= 0.6 is 23.2 Å². The lowest BCUT2D eigenvalue weighted by atomic mass is 10.1. The SMILES string of the molecule is O=S1(=O)C[C@H](N2CCN(c3cccc(Cl)c3)CC2)[C@@H](S(=O)(=O)c2ccc(Cl)cc2)C1. The smallest absolute Gasteiger partial charge is 0.183 e. The van der Waals surface area contributed by atoms with Crippen LogP contribution in [0.4, 0.5) is 5.69 Å². The fourth-order valence-corrected chi connectivity index (χ4v) is 9.36. The summed E-state index contributed by atoms with van der Waals surface area (Å²) in [4.78, 5) is 4.29. The van der Waals surface area contributed by atoms with E-state index in [1.807, 2.05) is 29.2 Å². The van der Waals surface area contributed by atoms with E-state index in [1.54, 1.807) is 0 Å². The van der Waals surface area contributed by atoms with Crippen molar-refractivity contribution >= 4 is 48.6 Å². The minimum atomic E-state index is -3.81. The van der Waals surface area contributed by atoms with Gasteiger partial charge in [-0.3, -0.25) is 4.90 Å². The van der Waals surface area contributed by atoms with E-state index in [0.29, 0.717) is 36.2 Å². The lowest BCUT2D eigenvalue weighted by molar-refractivity contribution is 0.201. The third kappa shape index (κ3) is 4.48. The molecule has 0 bridgehead atoms. The van der Waals surface area contributed by atoms with Crippen molar-refractivity contribution in [3.63, 3.8) is 0 Å². The van der Waals surface area contributed by atoms with Crippen LogP contribution in [-0.2, 0) is 19.7 Å². The van der Waals surface area contributed by atoms with Crippen LogP contribution in [0.3, 0.4) is 0 Å². The van der Waals surface area contributed by atoms with Gasteiger partial charge in [0.25, 0.3) is 0 Å². The van der Waals surface area contributed by atoms with Gasteiger partial charge in [0.2, 0.25) is 0 Å². The molecular weight excluding hydrogens is 467 g/mol. The Morgan fingerprint density at radius 3 is 2.17 bits per heavy atom. The van der Waals surface area contributed by atoms with Crippen LogP contribution in [-0.4, -0.2) is 70.7 Å². The molecule has 6 nitrogen and oxygen atoms in total. The summed E-state index contributed by atoms with van der Waals surface area (Å²) in [5.41, 5.74) is 1.01. The first-order valence-electron chi connectivity index (χ1n) is 9.60. The predicted molar refractivity (Wildman–Crippen MR) is 120 cm³/mol. The van der Waals surface area contributed by atoms with Crippen LogP contribution in [0.1, 0.15) is 0 Å². The molecular formula is C20H22Cl2N2O4S2. The van der Waals surface area contributed by atoms with Gasteiger partial charge in [0, 0.05) is 48.0 Å². The van der Waals surface area contributed by atoms with Crippen LogP contribution in [0.5, 0.6) is 0 Å². The van der Waals surface area contributed by atoms with Gasteiger partial charge >= 0.3 is 0 Å². The molecule has 0 unspecified atom stereocenters. The topological polar surface area (TPSA) is 74.8 Å². The van der Waals surface area contributed by atoms with E-state index in [1.165, 1.54) is 24.3 Å². The number of hydrogen-bond donors (Lipinski definition) is 0. The van der Waals surface area contributed by atoms with Gasteiger partial charge in [0.05, 0.1) is 21.7 Å². The molecule has 30 heavy (non-hydrogen) atoms. The second-order valence-electron chi connectivity index (χ2n) is 7.68. The molecule has 2 aromatic carbocycles. The molecule has 0 N–H and O–H groups in total. The molecule has 162 valence electrons. The third-order valence-electron chi connectivity index (χ3n) is 5.77. The highest BCUT2D eigenvalue weighted by molar-refractivity contribution is 7.96. The van der Waals surface area contributed by atoms with Crippen molar-refractivity contribution < 1.29 is 16.8 Å². The van der Waals surface area contributed by atoms with Gasteiger partial charge < -0.3 is 4.90 Å². The van der Waals surface area contributed by atoms with E-state index in [2.05, 4.69) is 4.90 Å². The molecule has 2 aromatic rings. The first-order valence-corrected chi connectivity index (χ1v) is 13.7. The Morgan fingerprint density at radius 1 is 0.867 bits per heavy atom. The molecule has 2 saturated heterocycles. The average molecular weight is 489 g/mol. The van der Waals surface area contributed by atoms with Crippen LogP contribution in [0, 0.1) is 0 Å². The maximum atomic E-state index is 13.3. The second-order valence-corrected chi connectivity index (χ2v) is 12.9. The van der Waals surface area contributed by atoms with Crippen molar-refractivity contribution in [1.29, 1.82) is 0 Å². The van der Waals surface area contributed by atoms with Gasteiger partial charge in [0.15, 0.2) is 19.7 Å². The number of piperazine rings is 1. The van der Waals surface area contributed by atoms with Crippen LogP contribution < -0.4 is 4.90 Å². The number of anilines is 1. The first kappa shape index (κ1) is 21.9. The molecule has 2 heterocycles. The summed E-state index contributed by atoms with van der Waals surface area (Å²) in [6.45, 7) is 2.51. The minimum absolute atomic E-state index is 0.108. The lowest BCUT2D eigenvalue weighted by Gasteiger charge is -2.40. The maximum Gasteiger partial charge on any atom is 0.183 e. The van der Waals surface area contributed by atoms with Crippen LogP contribution in [0.15, 0.2) is 53.4 Å². The van der Waals surface area contributed by atoms with Gasteiger partial charge in [-0.2, -0.15) is 0 Å². The molecule has 2 atom stereocenters. The van der Waals surface area contributed by atoms with E-state index in [9.17, 15) is 16.8 Å². The summed E-state index contributed by atoms with van der Waals surface area (Å²) in [6.07, 6.45) is 0. The average Bonchev–Trinajstić information content (AvgIpc) is 3.05. The molecule has 0 amide bonds. The summed E-state index contributed by atoms with van der Waals surface area (Å²) in [7, 11) is -7.25. The van der Waals surface area contributed by atoms with Crippen molar-refractivity contribution in [3.8, 4) is 0 Å². The summed E-state index contributed by atoms with van der Waals surface area (Å²) >= 11 is 12.0. The normalized spacial score (nSPS) is 24.8. The van der Waals surface area contributed by atoms with Crippen molar-refractivity contribution in [1.82, 2.24) is 4.90 Å². The molecule has 0 saturated carbocycles. The van der Waals surface area contributed by atoms with E-state index < -0.39 is 31.0 Å². The predicted octanol–water partition coefficient (Wildman–Crippen LogP) is 2.75. The summed E-state index contributed by atoms with van der Waals surface area (Å²) in [6, 6.07) is 12.9. The number of hydrogen-bond acceptors (Lipinski definition) is 6. The Balaban J connectivity index is 1.54. The Morgan fingerprint density at radius 2 is 1.53 bits per heavy atom. The highest BCUT2D eigenvalue weighted by atomic mass is 35.5. The van der Waals surface area contributed by atoms with Gasteiger partial charge in [-0.15, -0.1) is 0 Å². The van der Waals surface area contributed by atoms with Gasteiger partial charge in [-0.1, -0.05) is 29.3 Å². The Kier molecular flexibility index (Phi) is 6.07. The Labute approximate surface area is 187 Å². The maximum absolute atomic E-state index is 13.3. The highest BCUT2D eigenvalue weighted by Gasteiger charge is 2.48. The third-order valence-corrected chi connectivity index (χ3v) is 10.4. The van der Waals surface area contributed by atoms with Gasteiger partial charge in [0.1, 0.15) is 0 Å². The number of benzene rings is 2. The fraction of sp³-hybridized carbons (Fsp3) is 0.400. The highest BCUT2D eigenvalue weighted by Crippen LogP contribution is 2.31. The monoisotopic (exact) mass is 488 g/mol. The number of sulfone groups is 2. The molecule has 10 heteroatoms. The molecule has 0 spiro atoms. The first-order chi connectivity index (χ1) is 14.2. The van der Waals surface area contributed by atoms with Crippen LogP contribution in [0.25, 0.3) is 0 Å². The number of rotatable bonds is 4. The van der Waals surface area contributed by atoms with Crippen molar-refractivity contribution in [2.24, 2.45) is 0 Å². The van der Waals surface area contributed by atoms with Crippen molar-refractivity contribution in [3.05, 3.63) is 58.6 Å². The number of halogens is 2. The zero-order valence-electron chi connectivity index (χ0n) is 16.1. The van der Waals surface area contributed by atoms with E-state index in [0.717, 1.165) is 5.69 Å². The largest absolute Gasteiger partial charge is 0.369 e. The second kappa shape index (κ2) is 8.31. The van der Waals surface area contributed by atoms with Gasteiger partial charge in [-0.05, 0) is 42.5 Å². The zero-order chi connectivity index (χ0) is 21.5. The Bertz CT molecular complexity index is 1130. The van der Waals surface area contributed by atoms with Gasteiger partial charge in [-0.25, -0.2) is 16.8 Å². The standard InChI is InChI=1S/C20H22Cl2N2O4S2/c21-15-4-6-18(7-5-15)30(27,28)20-14-29(25,26)13-19(20)24-10-8-23(9-11-24)17-3-1-2-16(22)12-17/h1-7,12,19-20H,8-11,13-14H2/t19-,20-/m0/s1. The van der Waals surface area contributed by atoms with E-state index >= 15 is 0 Å². The quantitative estimate of drug-likeness (QED) is 0.658. The Hall–Kier alpha value is -1.32. The summed E-state index contributed by atoms with van der Waals surface area (Å²) in [5.74, 6) is -0.487. The number of nitrogens with zero attached hydrogens (tertiary/aromatic N) is 2. The molecule has 2 aliphatic heterocycles. The molecule has 0 aliphatic carbocycles. The molecule has 2 fully saturated rings. The van der Waals surface area contributed by atoms with E-state index in [4.69, 9.17) is 23.2 Å². The summed E-state index contributed by atoms with van der Waals surface area (Å²) in [5, 5.41) is 0.106. The van der Waals surface area contributed by atoms with Crippen LogP contribution in [0.2, 0.25) is 10.0 Å². The lowest BCUT2D eigenvalue weighted by Crippen LogP contribution is -2.55. The van der Waals surface area contributed by atoms with E-state index in [-0.39, 0.29) is 16.4 Å². The molecule has 0 aromatic heterocycles.